The van der Waals surface area contributed by atoms with E-state index in [0.29, 0.717) is 26.1 Å². The smallest absolute Gasteiger partial charge is 0.408 e. The van der Waals surface area contributed by atoms with Gasteiger partial charge in [0.2, 0.25) is 0 Å². The average molecular weight is 333 g/mol. The largest absolute Gasteiger partial charge is 0.445 e. The number of rotatable bonds is 4. The van der Waals surface area contributed by atoms with Gasteiger partial charge in [-0.1, -0.05) is 30.3 Å². The van der Waals surface area contributed by atoms with E-state index in [4.69, 9.17) is 14.2 Å². The molecule has 0 atom stereocenters. The summed E-state index contributed by atoms with van der Waals surface area (Å²) in [6, 6.07) is 9.60. The Labute approximate surface area is 141 Å². The van der Waals surface area contributed by atoms with Crippen molar-refractivity contribution < 1.29 is 24.1 Å². The van der Waals surface area contributed by atoms with Crippen LogP contribution in [0.1, 0.15) is 31.2 Å². The lowest BCUT2D eigenvalue weighted by atomic mass is 9.60. The van der Waals surface area contributed by atoms with E-state index >= 15 is 0 Å². The Morgan fingerprint density at radius 2 is 1.92 bits per heavy atom. The van der Waals surface area contributed by atoms with Crippen LogP contribution in [0.2, 0.25) is 0 Å². The monoisotopic (exact) mass is 333 g/mol. The lowest BCUT2D eigenvalue weighted by molar-refractivity contribution is -0.130. The van der Waals surface area contributed by atoms with Crippen LogP contribution in [0.15, 0.2) is 30.3 Å². The highest BCUT2D eigenvalue weighted by atomic mass is 16.6. The van der Waals surface area contributed by atoms with Gasteiger partial charge in [0.05, 0.1) is 23.3 Å². The van der Waals surface area contributed by atoms with Crippen molar-refractivity contribution in [2.75, 3.05) is 19.8 Å². The van der Waals surface area contributed by atoms with Crippen LogP contribution in [0.4, 0.5) is 4.79 Å². The molecule has 2 N–H and O–H groups in total. The second-order valence-electron chi connectivity index (χ2n) is 7.17. The number of carbonyl (C=O) groups is 1. The van der Waals surface area contributed by atoms with Crippen LogP contribution in [0.5, 0.6) is 0 Å². The Morgan fingerprint density at radius 1 is 1.21 bits per heavy atom. The number of hydrogen-bond acceptors (Lipinski definition) is 5. The van der Waals surface area contributed by atoms with Crippen LogP contribution in [-0.4, -0.2) is 47.8 Å². The van der Waals surface area contributed by atoms with Crippen LogP contribution in [0.25, 0.3) is 0 Å². The van der Waals surface area contributed by atoms with E-state index < -0.39 is 22.8 Å². The number of hydrogen-bond donors (Lipinski definition) is 2. The van der Waals surface area contributed by atoms with Gasteiger partial charge in [0, 0.05) is 38.9 Å². The number of nitrogens with one attached hydrogen (secondary N) is 1. The van der Waals surface area contributed by atoms with E-state index in [1.54, 1.807) is 0 Å². The van der Waals surface area contributed by atoms with Crippen molar-refractivity contribution in [3.05, 3.63) is 35.9 Å². The summed E-state index contributed by atoms with van der Waals surface area (Å²) in [4.78, 5) is 12.3. The van der Waals surface area contributed by atoms with E-state index in [-0.39, 0.29) is 13.2 Å². The maximum absolute atomic E-state index is 12.3. The fraction of sp³-hybridized carbons (Fsp3) is 0.611. The van der Waals surface area contributed by atoms with E-state index in [2.05, 4.69) is 5.32 Å². The first kappa shape index (κ1) is 15.9. The molecule has 3 saturated heterocycles. The van der Waals surface area contributed by atoms with Gasteiger partial charge in [0.25, 0.3) is 0 Å². The third-order valence-electron chi connectivity index (χ3n) is 5.67. The maximum Gasteiger partial charge on any atom is 0.408 e. The summed E-state index contributed by atoms with van der Waals surface area (Å²) in [5.41, 5.74) is -0.455. The van der Waals surface area contributed by atoms with Crippen molar-refractivity contribution in [3.8, 4) is 0 Å². The summed E-state index contributed by atoms with van der Waals surface area (Å²) in [6.07, 6.45) is 2.30. The fourth-order valence-corrected chi connectivity index (χ4v) is 4.54. The number of amides is 1. The first-order valence-electron chi connectivity index (χ1n) is 8.49. The molecule has 2 bridgehead atoms. The van der Waals surface area contributed by atoms with Crippen LogP contribution in [0, 0.1) is 0 Å². The number of aliphatic hydroxyl groups is 1. The zero-order chi connectivity index (χ0) is 16.7. The normalized spacial score (nSPS) is 33.0. The highest BCUT2D eigenvalue weighted by Gasteiger charge is 2.75. The zero-order valence-corrected chi connectivity index (χ0v) is 13.6. The van der Waals surface area contributed by atoms with E-state index in [0.717, 1.165) is 18.4 Å². The molecule has 1 spiro atoms. The molecule has 130 valence electrons. The number of aliphatic hydroxyl groups excluding tert-OH is 1. The second kappa shape index (κ2) is 5.72. The summed E-state index contributed by atoms with van der Waals surface area (Å²) in [6.45, 7) is 1.46. The number of benzene rings is 1. The Hall–Kier alpha value is -1.63. The van der Waals surface area contributed by atoms with Gasteiger partial charge < -0.3 is 24.6 Å². The zero-order valence-electron chi connectivity index (χ0n) is 13.6. The predicted octanol–water partition coefficient (Wildman–Crippen LogP) is 1.76. The molecular formula is C18H23NO5. The lowest BCUT2D eigenvalue weighted by Crippen LogP contribution is -2.67. The minimum atomic E-state index is -0.510. The number of ether oxygens (including phenoxy) is 3. The molecule has 24 heavy (non-hydrogen) atoms. The Balaban J connectivity index is 1.43. The minimum Gasteiger partial charge on any atom is -0.445 e. The molecule has 6 heteroatoms. The van der Waals surface area contributed by atoms with Crippen molar-refractivity contribution in [2.24, 2.45) is 0 Å². The number of alkyl carbamates (subject to hydrolysis) is 1. The Bertz CT molecular complexity index is 605. The SMILES string of the molecule is O=C(NC12CC(CO)(C1)OC21CCOCC1)OCc1ccccc1. The van der Waals surface area contributed by atoms with E-state index in [1.807, 2.05) is 30.3 Å². The summed E-state index contributed by atoms with van der Waals surface area (Å²) in [7, 11) is 0. The van der Waals surface area contributed by atoms with Crippen LogP contribution in [0.3, 0.4) is 0 Å². The molecule has 6 nitrogen and oxygen atoms in total. The summed E-state index contributed by atoms with van der Waals surface area (Å²) in [5.74, 6) is 0. The summed E-state index contributed by atoms with van der Waals surface area (Å²) < 4.78 is 17.1. The van der Waals surface area contributed by atoms with Crippen molar-refractivity contribution in [1.29, 1.82) is 0 Å². The summed E-state index contributed by atoms with van der Waals surface area (Å²) in [5, 5.41) is 12.7. The molecule has 1 amide bonds. The first-order valence-corrected chi connectivity index (χ1v) is 8.49. The molecule has 4 fully saturated rings. The van der Waals surface area contributed by atoms with Gasteiger partial charge in [-0.2, -0.15) is 0 Å². The standard InChI is InChI=1S/C18H23NO5/c20-13-16-11-17(12-16,18(24-16)6-8-22-9-7-18)19-15(21)23-10-14-4-2-1-3-5-14/h1-5,20H,6-13H2,(H,19,21). The Morgan fingerprint density at radius 3 is 2.58 bits per heavy atom. The van der Waals surface area contributed by atoms with Crippen molar-refractivity contribution in [1.82, 2.24) is 5.32 Å². The minimum absolute atomic E-state index is 0.0158. The Kier molecular flexibility index (Phi) is 3.78. The van der Waals surface area contributed by atoms with Crippen LogP contribution < -0.4 is 5.32 Å². The van der Waals surface area contributed by atoms with Crippen molar-refractivity contribution in [3.63, 3.8) is 0 Å². The van der Waals surface area contributed by atoms with Gasteiger partial charge in [-0.3, -0.25) is 0 Å². The van der Waals surface area contributed by atoms with Gasteiger partial charge in [0.1, 0.15) is 6.61 Å². The molecule has 0 radical (unpaired) electrons. The quantitative estimate of drug-likeness (QED) is 0.878. The lowest BCUT2D eigenvalue weighted by Gasteiger charge is -2.48. The van der Waals surface area contributed by atoms with Crippen molar-refractivity contribution >= 4 is 6.09 Å². The molecule has 1 aromatic carbocycles. The average Bonchev–Trinajstić information content (AvgIpc) is 2.98. The predicted molar refractivity (Wildman–Crippen MR) is 85.4 cm³/mol. The van der Waals surface area contributed by atoms with Gasteiger partial charge >= 0.3 is 6.09 Å². The molecule has 0 unspecified atom stereocenters. The highest BCUT2D eigenvalue weighted by molar-refractivity contribution is 5.69. The van der Waals surface area contributed by atoms with E-state index in [9.17, 15) is 9.90 Å². The second-order valence-corrected chi connectivity index (χ2v) is 7.17. The molecule has 1 aliphatic carbocycles. The highest BCUT2D eigenvalue weighted by Crippen LogP contribution is 2.63. The fourth-order valence-electron chi connectivity index (χ4n) is 4.54. The van der Waals surface area contributed by atoms with Crippen LogP contribution in [-0.2, 0) is 20.8 Å². The third-order valence-corrected chi connectivity index (χ3v) is 5.67. The first-order chi connectivity index (χ1) is 11.6. The maximum atomic E-state index is 12.3. The van der Waals surface area contributed by atoms with Gasteiger partial charge in [-0.15, -0.1) is 0 Å². The van der Waals surface area contributed by atoms with Gasteiger partial charge in [-0.05, 0) is 5.56 Å². The number of carbonyl (C=O) groups excluding carboxylic acids is 1. The topological polar surface area (TPSA) is 77.0 Å². The molecular weight excluding hydrogens is 310 g/mol. The molecule has 4 aliphatic rings. The summed E-state index contributed by atoms with van der Waals surface area (Å²) >= 11 is 0. The molecule has 3 heterocycles. The molecule has 1 saturated carbocycles. The molecule has 5 rings (SSSR count). The molecule has 0 aromatic heterocycles. The van der Waals surface area contributed by atoms with Gasteiger partial charge in [0.15, 0.2) is 0 Å². The van der Waals surface area contributed by atoms with Gasteiger partial charge in [-0.25, -0.2) is 4.79 Å². The van der Waals surface area contributed by atoms with Crippen LogP contribution >= 0.6 is 0 Å². The third kappa shape index (κ3) is 2.41. The van der Waals surface area contributed by atoms with Crippen molar-refractivity contribution in [2.45, 2.75) is 49.0 Å². The molecule has 1 aromatic rings. The van der Waals surface area contributed by atoms with E-state index in [1.165, 1.54) is 0 Å². The molecule has 3 aliphatic heterocycles.